The van der Waals surface area contributed by atoms with Crippen LogP contribution in [0, 0.1) is 32.6 Å². The maximum Gasteiger partial charge on any atom is 0.0601 e. The van der Waals surface area contributed by atoms with E-state index in [4.69, 9.17) is 11.6 Å². The number of pyridine rings is 1. The van der Waals surface area contributed by atoms with Gasteiger partial charge in [0.1, 0.15) is 0 Å². The summed E-state index contributed by atoms with van der Waals surface area (Å²) in [5, 5.41) is 0.610. The van der Waals surface area contributed by atoms with Crippen molar-refractivity contribution in [1.29, 1.82) is 0 Å². The molecule has 0 bridgehead atoms. The van der Waals surface area contributed by atoms with Gasteiger partial charge in [0.25, 0.3) is 0 Å². The van der Waals surface area contributed by atoms with Crippen molar-refractivity contribution in [3.05, 3.63) is 63.4 Å². The van der Waals surface area contributed by atoms with Crippen LogP contribution in [-0.2, 0) is 0 Å². The molecule has 2 rings (SSSR count). The molecule has 2 heteroatoms. The van der Waals surface area contributed by atoms with Crippen molar-refractivity contribution in [3.63, 3.8) is 0 Å². The largest absolute Gasteiger partial charge is 0.262 e. The first kappa shape index (κ1) is 12.7. The second kappa shape index (κ2) is 5.25. The fourth-order valence-electron chi connectivity index (χ4n) is 1.99. The fourth-order valence-corrected chi connectivity index (χ4v) is 2.17. The summed E-state index contributed by atoms with van der Waals surface area (Å²) in [6.07, 6.45) is 3.33. The summed E-state index contributed by atoms with van der Waals surface area (Å²) in [6.45, 7) is 6.26. The number of aryl methyl sites for hydroxylation is 3. The van der Waals surface area contributed by atoms with Crippen LogP contribution in [-0.4, -0.2) is 4.98 Å². The number of aromatic nitrogens is 1. The van der Waals surface area contributed by atoms with Gasteiger partial charge in [0.15, 0.2) is 0 Å². The van der Waals surface area contributed by atoms with E-state index in [0.29, 0.717) is 5.02 Å². The van der Waals surface area contributed by atoms with E-state index in [0.717, 1.165) is 11.1 Å². The number of rotatable bonds is 0. The van der Waals surface area contributed by atoms with Gasteiger partial charge in [0, 0.05) is 23.5 Å². The number of hydrogen-bond donors (Lipinski definition) is 0. The third-order valence-electron chi connectivity index (χ3n) is 2.71. The molecule has 1 aromatic heterocycles. The van der Waals surface area contributed by atoms with Crippen LogP contribution in [0.3, 0.4) is 0 Å². The summed E-state index contributed by atoms with van der Waals surface area (Å²) in [7, 11) is 0. The van der Waals surface area contributed by atoms with Crippen molar-refractivity contribution >= 4 is 11.6 Å². The Morgan fingerprint density at radius 3 is 2.22 bits per heavy atom. The zero-order valence-electron chi connectivity index (χ0n) is 10.7. The van der Waals surface area contributed by atoms with Crippen molar-refractivity contribution in [2.24, 2.45) is 0 Å². The van der Waals surface area contributed by atoms with E-state index >= 15 is 0 Å². The van der Waals surface area contributed by atoms with Gasteiger partial charge in [-0.2, -0.15) is 0 Å². The van der Waals surface area contributed by atoms with E-state index < -0.39 is 0 Å². The minimum absolute atomic E-state index is 0.610. The first-order valence-corrected chi connectivity index (χ1v) is 6.14. The Balaban J connectivity index is 2.42. The van der Waals surface area contributed by atoms with Crippen molar-refractivity contribution in [1.82, 2.24) is 4.98 Å². The lowest BCUT2D eigenvalue weighted by Gasteiger charge is -2.04. The molecule has 0 saturated heterocycles. The molecule has 0 fully saturated rings. The molecule has 1 aromatic carbocycles. The predicted molar refractivity (Wildman–Crippen MR) is 75.9 cm³/mol. The van der Waals surface area contributed by atoms with Gasteiger partial charge in [-0.3, -0.25) is 4.98 Å². The van der Waals surface area contributed by atoms with E-state index in [1.54, 1.807) is 12.4 Å². The van der Waals surface area contributed by atoms with Gasteiger partial charge in [-0.25, -0.2) is 0 Å². The third-order valence-corrected chi connectivity index (χ3v) is 2.92. The van der Waals surface area contributed by atoms with Crippen molar-refractivity contribution in [2.45, 2.75) is 20.8 Å². The Kier molecular flexibility index (Phi) is 3.69. The van der Waals surface area contributed by atoms with Crippen LogP contribution < -0.4 is 0 Å². The Hall–Kier alpha value is -1.78. The Bertz CT molecular complexity index is 625. The lowest BCUT2D eigenvalue weighted by atomic mass is 10.00. The molecule has 2 aromatic rings. The number of benzene rings is 1. The molecular weight excluding hydrogens is 242 g/mol. The van der Waals surface area contributed by atoms with Crippen LogP contribution in [0.2, 0.25) is 5.02 Å². The highest BCUT2D eigenvalue weighted by Crippen LogP contribution is 2.15. The molecule has 0 atom stereocenters. The van der Waals surface area contributed by atoms with Crippen molar-refractivity contribution in [3.8, 4) is 11.8 Å². The number of nitrogens with zero attached hydrogens (tertiary/aromatic N) is 1. The molecule has 90 valence electrons. The summed E-state index contributed by atoms with van der Waals surface area (Å²) in [6, 6.07) is 6.11. The predicted octanol–water partition coefficient (Wildman–Crippen LogP) is 4.06. The van der Waals surface area contributed by atoms with E-state index in [1.807, 2.05) is 6.07 Å². The maximum atomic E-state index is 5.88. The van der Waals surface area contributed by atoms with Crippen LogP contribution in [0.4, 0.5) is 0 Å². The lowest BCUT2D eigenvalue weighted by molar-refractivity contribution is 1.29. The number of halogens is 1. The second-order valence-corrected chi connectivity index (χ2v) is 4.85. The van der Waals surface area contributed by atoms with Crippen LogP contribution in [0.1, 0.15) is 27.8 Å². The summed E-state index contributed by atoms with van der Waals surface area (Å²) in [4.78, 5) is 4.02. The maximum absolute atomic E-state index is 5.88. The molecule has 0 aliphatic heterocycles. The second-order valence-electron chi connectivity index (χ2n) is 4.42. The molecule has 1 nitrogen and oxygen atoms in total. The molecule has 18 heavy (non-hydrogen) atoms. The molecule has 0 aliphatic carbocycles. The average Bonchev–Trinajstić information content (AvgIpc) is 2.27. The normalized spacial score (nSPS) is 9.78. The SMILES string of the molecule is Cc1cc(C)c(C#Cc2cncc(Cl)c2)c(C)c1. The molecule has 0 amide bonds. The lowest BCUT2D eigenvalue weighted by Crippen LogP contribution is -1.89. The minimum Gasteiger partial charge on any atom is -0.262 e. The summed E-state index contributed by atoms with van der Waals surface area (Å²) in [5.74, 6) is 6.31. The van der Waals surface area contributed by atoms with E-state index in [-0.39, 0.29) is 0 Å². The average molecular weight is 256 g/mol. The smallest absolute Gasteiger partial charge is 0.0601 e. The zero-order valence-corrected chi connectivity index (χ0v) is 11.5. The Morgan fingerprint density at radius 2 is 1.61 bits per heavy atom. The first-order valence-electron chi connectivity index (χ1n) is 5.76. The van der Waals surface area contributed by atoms with Gasteiger partial charge in [-0.05, 0) is 38.0 Å². The highest BCUT2D eigenvalue weighted by Gasteiger charge is 2.00. The topological polar surface area (TPSA) is 12.9 Å². The van der Waals surface area contributed by atoms with Crippen molar-refractivity contribution in [2.75, 3.05) is 0 Å². The zero-order chi connectivity index (χ0) is 13.1. The van der Waals surface area contributed by atoms with Gasteiger partial charge in [-0.1, -0.05) is 41.1 Å². The van der Waals surface area contributed by atoms with Gasteiger partial charge in [0.2, 0.25) is 0 Å². The molecule has 1 heterocycles. The molecule has 0 unspecified atom stereocenters. The molecular formula is C16H14ClN. The third kappa shape index (κ3) is 2.91. The quantitative estimate of drug-likeness (QED) is 0.647. The van der Waals surface area contributed by atoms with Crippen LogP contribution in [0.5, 0.6) is 0 Å². The molecule has 0 saturated carbocycles. The van der Waals surface area contributed by atoms with Gasteiger partial charge >= 0.3 is 0 Å². The molecule has 0 N–H and O–H groups in total. The highest BCUT2D eigenvalue weighted by molar-refractivity contribution is 6.30. The monoisotopic (exact) mass is 255 g/mol. The van der Waals surface area contributed by atoms with Gasteiger partial charge in [-0.15, -0.1) is 0 Å². The molecule has 0 radical (unpaired) electrons. The Morgan fingerprint density at radius 1 is 0.944 bits per heavy atom. The van der Waals surface area contributed by atoms with E-state index in [2.05, 4.69) is 49.7 Å². The highest BCUT2D eigenvalue weighted by atomic mass is 35.5. The summed E-state index contributed by atoms with van der Waals surface area (Å²) < 4.78 is 0. The summed E-state index contributed by atoms with van der Waals surface area (Å²) in [5.41, 5.74) is 5.59. The van der Waals surface area contributed by atoms with E-state index in [1.165, 1.54) is 16.7 Å². The molecule has 0 aliphatic rings. The first-order chi connectivity index (χ1) is 8.56. The minimum atomic E-state index is 0.610. The van der Waals surface area contributed by atoms with Gasteiger partial charge in [0.05, 0.1) is 5.02 Å². The fraction of sp³-hybridized carbons (Fsp3) is 0.188. The van der Waals surface area contributed by atoms with Crippen LogP contribution >= 0.6 is 11.6 Å². The standard InChI is InChI=1S/C16H14ClN/c1-11-6-12(2)16(13(3)7-11)5-4-14-8-15(17)10-18-9-14/h6-10H,1-3H3. The number of hydrogen-bond acceptors (Lipinski definition) is 1. The molecule has 0 spiro atoms. The Labute approximate surface area is 113 Å². The van der Waals surface area contributed by atoms with Crippen molar-refractivity contribution < 1.29 is 0 Å². The van der Waals surface area contributed by atoms with Gasteiger partial charge < -0.3 is 0 Å². The van der Waals surface area contributed by atoms with E-state index in [9.17, 15) is 0 Å². The van der Waals surface area contributed by atoms with Crippen LogP contribution in [0.25, 0.3) is 0 Å². The van der Waals surface area contributed by atoms with Crippen LogP contribution in [0.15, 0.2) is 30.6 Å². The summed E-state index contributed by atoms with van der Waals surface area (Å²) >= 11 is 5.88.